The highest BCUT2D eigenvalue weighted by molar-refractivity contribution is 5.94. The molecule has 1 aliphatic heterocycles. The minimum absolute atomic E-state index is 0.155. The van der Waals surface area contributed by atoms with Gasteiger partial charge in [-0.2, -0.15) is 13.2 Å². The predicted octanol–water partition coefficient (Wildman–Crippen LogP) is 4.82. The summed E-state index contributed by atoms with van der Waals surface area (Å²) in [6, 6.07) is 9.39. The SMILES string of the molecule is O=C(NCCc1ccc(OC(F)(F)F)cc1)C1CCN(C(=O)c2ccc(C(F)(F)F)cc2)CC1. The number of nitrogens with zero attached hydrogens (tertiary/aromatic N) is 1. The average Bonchev–Trinajstić information content (AvgIpc) is 2.78. The quantitative estimate of drug-likeness (QED) is 0.594. The Morgan fingerprint density at radius 2 is 1.50 bits per heavy atom. The van der Waals surface area contributed by atoms with Gasteiger partial charge in [0.2, 0.25) is 5.91 Å². The van der Waals surface area contributed by atoms with Crippen LogP contribution in [0.15, 0.2) is 48.5 Å². The molecule has 1 fully saturated rings. The zero-order chi connectivity index (χ0) is 24.9. The standard InChI is InChI=1S/C23H22F6N2O3/c24-22(25,26)18-5-3-17(4-6-18)21(33)31-13-10-16(11-14-31)20(32)30-12-9-15-1-7-19(8-2-15)34-23(27,28)29/h1-8,16H,9-14H2,(H,30,32). The first kappa shape index (κ1) is 25.4. The number of benzene rings is 2. The molecule has 5 nitrogen and oxygen atoms in total. The summed E-state index contributed by atoms with van der Waals surface area (Å²) in [5, 5.41) is 2.79. The Bertz CT molecular complexity index is 980. The lowest BCUT2D eigenvalue weighted by Gasteiger charge is -2.31. The fourth-order valence-electron chi connectivity index (χ4n) is 3.66. The minimum atomic E-state index is -4.76. The van der Waals surface area contributed by atoms with Gasteiger partial charge in [0.1, 0.15) is 5.75 Å². The van der Waals surface area contributed by atoms with E-state index in [4.69, 9.17) is 0 Å². The molecule has 34 heavy (non-hydrogen) atoms. The Morgan fingerprint density at radius 3 is 2.03 bits per heavy atom. The van der Waals surface area contributed by atoms with Gasteiger partial charge in [0.25, 0.3) is 5.91 Å². The summed E-state index contributed by atoms with van der Waals surface area (Å²) in [5.41, 5.74) is 0.0550. The van der Waals surface area contributed by atoms with Crippen molar-refractivity contribution in [3.8, 4) is 5.75 Å². The van der Waals surface area contributed by atoms with E-state index in [1.54, 1.807) is 0 Å². The number of piperidine rings is 1. The second-order valence-corrected chi connectivity index (χ2v) is 7.87. The fraction of sp³-hybridized carbons (Fsp3) is 0.391. The zero-order valence-corrected chi connectivity index (χ0v) is 17.9. The topological polar surface area (TPSA) is 58.6 Å². The Balaban J connectivity index is 1.41. The number of likely N-dealkylation sites (tertiary alicyclic amines) is 1. The molecule has 2 aromatic carbocycles. The van der Waals surface area contributed by atoms with Gasteiger partial charge < -0.3 is 15.0 Å². The molecule has 1 saturated heterocycles. The maximum atomic E-state index is 12.7. The number of alkyl halides is 6. The van der Waals surface area contributed by atoms with Crippen LogP contribution >= 0.6 is 0 Å². The highest BCUT2D eigenvalue weighted by Crippen LogP contribution is 2.29. The first-order chi connectivity index (χ1) is 15.9. The molecule has 0 unspecified atom stereocenters. The van der Waals surface area contributed by atoms with E-state index in [1.165, 1.54) is 29.2 Å². The van der Waals surface area contributed by atoms with Crippen LogP contribution in [0.1, 0.15) is 34.3 Å². The van der Waals surface area contributed by atoms with E-state index in [0.29, 0.717) is 38.9 Å². The molecule has 0 aromatic heterocycles. The number of carbonyl (C=O) groups is 2. The summed E-state index contributed by atoms with van der Waals surface area (Å²) in [5.74, 6) is -1.19. The lowest BCUT2D eigenvalue weighted by Crippen LogP contribution is -2.43. The third kappa shape index (κ3) is 7.13. The minimum Gasteiger partial charge on any atom is -0.406 e. The van der Waals surface area contributed by atoms with Crippen molar-refractivity contribution in [2.75, 3.05) is 19.6 Å². The predicted molar refractivity (Wildman–Crippen MR) is 110 cm³/mol. The van der Waals surface area contributed by atoms with E-state index in [0.717, 1.165) is 29.8 Å². The van der Waals surface area contributed by atoms with Crippen LogP contribution in [0.4, 0.5) is 26.3 Å². The van der Waals surface area contributed by atoms with E-state index in [1.807, 2.05) is 0 Å². The Kier molecular flexibility index (Phi) is 7.73. The van der Waals surface area contributed by atoms with Crippen LogP contribution in [0, 0.1) is 5.92 Å². The maximum Gasteiger partial charge on any atom is 0.573 e. The van der Waals surface area contributed by atoms with Crippen LogP contribution in [0.25, 0.3) is 0 Å². The molecular weight excluding hydrogens is 466 g/mol. The second kappa shape index (κ2) is 10.4. The number of halogens is 6. The van der Waals surface area contributed by atoms with Gasteiger partial charge in [-0.3, -0.25) is 9.59 Å². The van der Waals surface area contributed by atoms with Crippen molar-refractivity contribution in [1.82, 2.24) is 10.2 Å². The van der Waals surface area contributed by atoms with E-state index in [2.05, 4.69) is 10.1 Å². The third-order valence-electron chi connectivity index (χ3n) is 5.48. The van der Waals surface area contributed by atoms with Crippen molar-refractivity contribution in [3.05, 3.63) is 65.2 Å². The van der Waals surface area contributed by atoms with Crippen molar-refractivity contribution in [2.45, 2.75) is 31.8 Å². The van der Waals surface area contributed by atoms with Crippen LogP contribution in [-0.4, -0.2) is 42.7 Å². The van der Waals surface area contributed by atoms with Gasteiger partial charge in [0.05, 0.1) is 5.56 Å². The van der Waals surface area contributed by atoms with Gasteiger partial charge in [-0.25, -0.2) is 0 Å². The van der Waals surface area contributed by atoms with Crippen LogP contribution in [0.3, 0.4) is 0 Å². The molecule has 1 heterocycles. The van der Waals surface area contributed by atoms with Crippen LogP contribution in [0.2, 0.25) is 0 Å². The molecule has 0 aliphatic carbocycles. The lowest BCUT2D eigenvalue weighted by atomic mass is 9.95. The number of nitrogens with one attached hydrogen (secondary N) is 1. The number of rotatable bonds is 6. The summed E-state index contributed by atoms with van der Waals surface area (Å²) in [4.78, 5) is 26.5. The molecule has 2 aromatic rings. The number of carbonyl (C=O) groups excluding carboxylic acids is 2. The van der Waals surface area contributed by atoms with Gasteiger partial charge in [-0.15, -0.1) is 13.2 Å². The molecule has 1 aliphatic rings. The van der Waals surface area contributed by atoms with E-state index >= 15 is 0 Å². The first-order valence-electron chi connectivity index (χ1n) is 10.5. The van der Waals surface area contributed by atoms with Crippen LogP contribution in [0.5, 0.6) is 5.75 Å². The van der Waals surface area contributed by atoms with E-state index in [9.17, 15) is 35.9 Å². The van der Waals surface area contributed by atoms with Crippen molar-refractivity contribution >= 4 is 11.8 Å². The van der Waals surface area contributed by atoms with Gasteiger partial charge in [0, 0.05) is 31.1 Å². The highest BCUT2D eigenvalue weighted by Gasteiger charge is 2.32. The van der Waals surface area contributed by atoms with Crippen molar-refractivity contribution in [3.63, 3.8) is 0 Å². The average molecular weight is 488 g/mol. The first-order valence-corrected chi connectivity index (χ1v) is 10.5. The smallest absolute Gasteiger partial charge is 0.406 e. The third-order valence-corrected chi connectivity index (χ3v) is 5.48. The van der Waals surface area contributed by atoms with Crippen LogP contribution < -0.4 is 10.1 Å². The molecule has 0 radical (unpaired) electrons. The summed E-state index contributed by atoms with van der Waals surface area (Å²) < 4.78 is 78.4. The molecule has 0 atom stereocenters. The highest BCUT2D eigenvalue weighted by atomic mass is 19.4. The molecule has 3 rings (SSSR count). The van der Waals surface area contributed by atoms with Crippen molar-refractivity contribution < 1.29 is 40.7 Å². The Labute approximate surface area is 191 Å². The number of hydrogen-bond acceptors (Lipinski definition) is 3. The lowest BCUT2D eigenvalue weighted by molar-refractivity contribution is -0.274. The molecule has 1 N–H and O–H groups in total. The Hall–Kier alpha value is -3.24. The van der Waals surface area contributed by atoms with Gasteiger partial charge in [-0.1, -0.05) is 12.1 Å². The van der Waals surface area contributed by atoms with Gasteiger partial charge >= 0.3 is 12.5 Å². The normalized spacial score (nSPS) is 15.2. The molecule has 0 bridgehead atoms. The zero-order valence-electron chi connectivity index (χ0n) is 17.9. The second-order valence-electron chi connectivity index (χ2n) is 7.87. The number of hydrogen-bond donors (Lipinski definition) is 1. The molecule has 0 spiro atoms. The molecule has 11 heteroatoms. The van der Waals surface area contributed by atoms with Crippen molar-refractivity contribution in [2.24, 2.45) is 5.92 Å². The number of amides is 2. The molecule has 184 valence electrons. The fourth-order valence-corrected chi connectivity index (χ4v) is 3.66. The monoisotopic (exact) mass is 488 g/mol. The van der Waals surface area contributed by atoms with Crippen LogP contribution in [-0.2, 0) is 17.4 Å². The van der Waals surface area contributed by atoms with E-state index < -0.39 is 18.1 Å². The molecule has 0 saturated carbocycles. The summed E-state index contributed by atoms with van der Waals surface area (Å²) >= 11 is 0. The summed E-state index contributed by atoms with van der Waals surface area (Å²) in [6.45, 7) is 0.903. The van der Waals surface area contributed by atoms with E-state index in [-0.39, 0.29) is 29.0 Å². The summed E-state index contributed by atoms with van der Waals surface area (Å²) in [6.07, 6.45) is -7.97. The summed E-state index contributed by atoms with van der Waals surface area (Å²) in [7, 11) is 0. The van der Waals surface area contributed by atoms with Gasteiger partial charge in [-0.05, 0) is 61.2 Å². The van der Waals surface area contributed by atoms with Crippen molar-refractivity contribution in [1.29, 1.82) is 0 Å². The molecular formula is C23H22F6N2O3. The number of ether oxygens (including phenoxy) is 1. The molecule has 2 amide bonds. The Morgan fingerprint density at radius 1 is 0.912 bits per heavy atom. The largest absolute Gasteiger partial charge is 0.573 e. The maximum absolute atomic E-state index is 12.7. The van der Waals surface area contributed by atoms with Gasteiger partial charge in [0.15, 0.2) is 0 Å².